The van der Waals surface area contributed by atoms with E-state index in [1.807, 2.05) is 18.2 Å². The first-order valence-corrected chi connectivity index (χ1v) is 12.7. The molecule has 6 nitrogen and oxygen atoms in total. The van der Waals surface area contributed by atoms with Crippen LogP contribution in [-0.4, -0.2) is 33.0 Å². The minimum absolute atomic E-state index is 0.0231. The Morgan fingerprint density at radius 2 is 1.58 bits per heavy atom. The Morgan fingerprint density at radius 3 is 2.32 bits per heavy atom. The molecule has 1 N–H and O–H groups in total. The first kappa shape index (κ1) is 21.7. The Morgan fingerprint density at radius 1 is 0.935 bits per heavy atom. The van der Waals surface area contributed by atoms with Gasteiger partial charge >= 0.3 is 0 Å². The molecule has 4 rings (SSSR count). The van der Waals surface area contributed by atoms with Crippen LogP contribution >= 0.6 is 0 Å². The lowest BCUT2D eigenvalue weighted by Crippen LogP contribution is -2.52. The van der Waals surface area contributed by atoms with Crippen molar-refractivity contribution in [1.29, 1.82) is 0 Å². The largest absolute Gasteiger partial charge is 0.476 e. The van der Waals surface area contributed by atoms with E-state index in [1.54, 1.807) is 36.4 Å². The van der Waals surface area contributed by atoms with Crippen LogP contribution in [-0.2, 0) is 20.6 Å². The molecule has 1 aliphatic heterocycles. The van der Waals surface area contributed by atoms with Crippen molar-refractivity contribution in [2.75, 3.05) is 10.8 Å². The predicted octanol–water partition coefficient (Wildman–Crippen LogP) is 4.01. The standard InChI is InChI=1S/C24H30N2O4S/c27-24(25-20-13-7-2-1-3-8-14-20)23-17-26(21-15-9-10-16-22(21)30-23)31(28,29)18-19-11-5-4-6-12-19/h4-6,9-12,15-16,20,23H,1-3,7-8,13-14,17-18H2,(H,25,27). The SMILES string of the molecule is O=C(NC1CCCCCCC1)C1CN(S(=O)(=O)Cc2ccccc2)c2ccccc2O1. The van der Waals surface area contributed by atoms with Crippen molar-refractivity contribution in [3.63, 3.8) is 0 Å². The highest BCUT2D eigenvalue weighted by Crippen LogP contribution is 2.36. The first-order valence-electron chi connectivity index (χ1n) is 11.1. The Hall–Kier alpha value is -2.54. The summed E-state index contributed by atoms with van der Waals surface area (Å²) in [5.74, 6) is 0.0577. The third-order valence-electron chi connectivity index (χ3n) is 6.01. The normalized spacial score (nSPS) is 20.1. The van der Waals surface area contributed by atoms with E-state index in [4.69, 9.17) is 4.74 Å². The number of anilines is 1. The van der Waals surface area contributed by atoms with Crippen molar-refractivity contribution in [2.45, 2.75) is 62.8 Å². The fourth-order valence-electron chi connectivity index (χ4n) is 4.36. The van der Waals surface area contributed by atoms with Gasteiger partial charge in [-0.05, 0) is 30.5 Å². The van der Waals surface area contributed by atoms with E-state index in [9.17, 15) is 13.2 Å². The zero-order valence-electron chi connectivity index (χ0n) is 17.7. The zero-order valence-corrected chi connectivity index (χ0v) is 18.5. The van der Waals surface area contributed by atoms with Gasteiger partial charge in [-0.1, -0.05) is 74.6 Å². The number of carbonyl (C=O) groups excluding carboxylic acids is 1. The Bertz CT molecular complexity index is 986. The van der Waals surface area contributed by atoms with Gasteiger partial charge in [-0.25, -0.2) is 8.42 Å². The van der Waals surface area contributed by atoms with E-state index in [0.29, 0.717) is 17.0 Å². The third-order valence-corrected chi connectivity index (χ3v) is 7.72. The maximum absolute atomic E-state index is 13.3. The van der Waals surface area contributed by atoms with Gasteiger partial charge in [-0.3, -0.25) is 9.10 Å². The van der Waals surface area contributed by atoms with E-state index in [2.05, 4.69) is 5.32 Å². The molecule has 0 spiro atoms. The van der Waals surface area contributed by atoms with E-state index in [-0.39, 0.29) is 24.2 Å². The quantitative estimate of drug-likeness (QED) is 0.759. The molecule has 1 atom stereocenters. The molecule has 1 unspecified atom stereocenters. The van der Waals surface area contributed by atoms with Crippen molar-refractivity contribution >= 4 is 21.6 Å². The van der Waals surface area contributed by atoms with E-state index in [0.717, 1.165) is 25.7 Å². The van der Waals surface area contributed by atoms with Gasteiger partial charge in [0.2, 0.25) is 10.0 Å². The van der Waals surface area contributed by atoms with Crippen molar-refractivity contribution < 1.29 is 17.9 Å². The molecule has 2 aromatic carbocycles. The number of sulfonamides is 1. The molecule has 1 aliphatic carbocycles. The maximum Gasteiger partial charge on any atom is 0.263 e. The number of ether oxygens (including phenoxy) is 1. The van der Waals surface area contributed by atoms with Crippen molar-refractivity contribution in [3.8, 4) is 5.75 Å². The molecule has 7 heteroatoms. The second kappa shape index (κ2) is 9.73. The average molecular weight is 443 g/mol. The van der Waals surface area contributed by atoms with Crippen LogP contribution < -0.4 is 14.4 Å². The lowest BCUT2D eigenvalue weighted by molar-refractivity contribution is -0.128. The maximum atomic E-state index is 13.3. The summed E-state index contributed by atoms with van der Waals surface area (Å²) in [6.45, 7) is -0.0231. The van der Waals surface area contributed by atoms with Gasteiger partial charge < -0.3 is 10.1 Å². The first-order chi connectivity index (χ1) is 15.0. The second-order valence-electron chi connectivity index (χ2n) is 8.40. The molecular weight excluding hydrogens is 412 g/mol. The summed E-state index contributed by atoms with van der Waals surface area (Å²) >= 11 is 0. The minimum Gasteiger partial charge on any atom is -0.476 e. The van der Waals surface area contributed by atoms with Crippen LogP contribution in [0.4, 0.5) is 5.69 Å². The highest BCUT2D eigenvalue weighted by molar-refractivity contribution is 7.92. The van der Waals surface area contributed by atoms with Crippen molar-refractivity contribution in [1.82, 2.24) is 5.32 Å². The van der Waals surface area contributed by atoms with Crippen LogP contribution in [0.3, 0.4) is 0 Å². The zero-order chi connectivity index (χ0) is 21.7. The topological polar surface area (TPSA) is 75.7 Å². The molecule has 0 aromatic heterocycles. The molecule has 2 aliphatic rings. The summed E-state index contributed by atoms with van der Waals surface area (Å²) in [7, 11) is -3.69. The van der Waals surface area contributed by atoms with Gasteiger partial charge in [-0.2, -0.15) is 0 Å². The molecule has 1 amide bonds. The summed E-state index contributed by atoms with van der Waals surface area (Å²) in [4.78, 5) is 13.0. The molecule has 1 fully saturated rings. The fourth-order valence-corrected chi connectivity index (χ4v) is 5.94. The van der Waals surface area contributed by atoms with Gasteiger partial charge in [0.15, 0.2) is 6.10 Å². The van der Waals surface area contributed by atoms with Crippen LogP contribution in [0, 0.1) is 0 Å². The molecule has 166 valence electrons. The smallest absolute Gasteiger partial charge is 0.263 e. The molecule has 1 heterocycles. The number of hydrogen-bond acceptors (Lipinski definition) is 4. The van der Waals surface area contributed by atoms with Crippen LogP contribution in [0.2, 0.25) is 0 Å². The summed E-state index contributed by atoms with van der Waals surface area (Å²) in [5, 5.41) is 3.12. The summed E-state index contributed by atoms with van der Waals surface area (Å²) in [6.07, 6.45) is 6.93. The number of para-hydroxylation sites is 2. The number of fused-ring (bicyclic) bond motifs is 1. The van der Waals surface area contributed by atoms with Crippen LogP contribution in [0.15, 0.2) is 54.6 Å². The molecule has 0 radical (unpaired) electrons. The molecular formula is C24H30N2O4S. The number of amides is 1. The van der Waals surface area contributed by atoms with E-state index < -0.39 is 16.1 Å². The van der Waals surface area contributed by atoms with Gasteiger partial charge in [0.05, 0.1) is 18.0 Å². The summed E-state index contributed by atoms with van der Waals surface area (Å²) in [6, 6.07) is 16.2. The predicted molar refractivity (Wildman–Crippen MR) is 122 cm³/mol. The van der Waals surface area contributed by atoms with Crippen LogP contribution in [0.25, 0.3) is 0 Å². The Kier molecular flexibility index (Phi) is 6.80. The van der Waals surface area contributed by atoms with Gasteiger partial charge in [0, 0.05) is 6.04 Å². The Labute approximate surface area is 184 Å². The lowest BCUT2D eigenvalue weighted by atomic mass is 9.96. The average Bonchev–Trinajstić information content (AvgIpc) is 2.75. The summed E-state index contributed by atoms with van der Waals surface area (Å²) in [5.41, 5.74) is 1.19. The highest BCUT2D eigenvalue weighted by atomic mass is 32.2. The minimum atomic E-state index is -3.69. The second-order valence-corrected chi connectivity index (χ2v) is 10.3. The monoisotopic (exact) mass is 442 g/mol. The summed E-state index contributed by atoms with van der Waals surface area (Å²) < 4.78 is 33.9. The third kappa shape index (κ3) is 5.39. The molecule has 1 saturated carbocycles. The molecule has 2 aromatic rings. The van der Waals surface area contributed by atoms with Crippen molar-refractivity contribution in [3.05, 3.63) is 60.2 Å². The van der Waals surface area contributed by atoms with E-state index >= 15 is 0 Å². The van der Waals surface area contributed by atoms with Gasteiger partial charge in [0.1, 0.15) is 5.75 Å². The lowest BCUT2D eigenvalue weighted by Gasteiger charge is -2.35. The van der Waals surface area contributed by atoms with Gasteiger partial charge in [-0.15, -0.1) is 0 Å². The number of carbonyl (C=O) groups is 1. The number of nitrogens with one attached hydrogen (secondary N) is 1. The van der Waals surface area contributed by atoms with Gasteiger partial charge in [0.25, 0.3) is 5.91 Å². The molecule has 0 bridgehead atoms. The van der Waals surface area contributed by atoms with Crippen molar-refractivity contribution in [2.24, 2.45) is 0 Å². The Balaban J connectivity index is 1.53. The molecule has 0 saturated heterocycles. The highest BCUT2D eigenvalue weighted by Gasteiger charge is 2.37. The van der Waals surface area contributed by atoms with Crippen LogP contribution in [0.5, 0.6) is 5.75 Å². The fraction of sp³-hybridized carbons (Fsp3) is 0.458. The number of benzene rings is 2. The number of rotatable bonds is 5. The molecule has 31 heavy (non-hydrogen) atoms. The van der Waals surface area contributed by atoms with E-state index in [1.165, 1.54) is 23.6 Å². The van der Waals surface area contributed by atoms with Crippen LogP contribution in [0.1, 0.15) is 50.5 Å². The number of hydrogen-bond donors (Lipinski definition) is 1. The number of nitrogens with zero attached hydrogens (tertiary/aromatic N) is 1.